The van der Waals surface area contributed by atoms with Gasteiger partial charge in [0, 0.05) is 45.4 Å². The van der Waals surface area contributed by atoms with Gasteiger partial charge in [0.1, 0.15) is 5.82 Å². The summed E-state index contributed by atoms with van der Waals surface area (Å²) in [4.78, 5) is 16.6. The van der Waals surface area contributed by atoms with E-state index < -0.39 is 0 Å². The summed E-state index contributed by atoms with van der Waals surface area (Å²) in [5, 5.41) is 2.92. The van der Waals surface area contributed by atoms with Gasteiger partial charge in [-0.05, 0) is 30.5 Å². The van der Waals surface area contributed by atoms with Crippen LogP contribution in [-0.2, 0) is 11.3 Å². The van der Waals surface area contributed by atoms with Gasteiger partial charge in [-0.1, -0.05) is 12.1 Å². The van der Waals surface area contributed by atoms with Crippen LogP contribution in [0, 0.1) is 5.82 Å². The second-order valence-electron chi connectivity index (χ2n) is 6.18. The lowest BCUT2D eigenvalue weighted by molar-refractivity contribution is 0.145. The Morgan fingerprint density at radius 2 is 2.04 bits per heavy atom. The number of nitrogens with zero attached hydrogens (tertiary/aromatic N) is 2. The fraction of sp³-hybridized carbons (Fsp3) is 0.588. The van der Waals surface area contributed by atoms with E-state index in [-0.39, 0.29) is 11.8 Å². The first-order chi connectivity index (χ1) is 11.2. The average molecular weight is 321 g/mol. The third-order valence-corrected chi connectivity index (χ3v) is 4.60. The molecule has 0 radical (unpaired) electrons. The van der Waals surface area contributed by atoms with Crippen LogP contribution in [0.1, 0.15) is 18.4 Å². The molecule has 2 fully saturated rings. The summed E-state index contributed by atoms with van der Waals surface area (Å²) in [6.45, 7) is 5.54. The number of amides is 2. The van der Waals surface area contributed by atoms with Crippen LogP contribution in [0.3, 0.4) is 0 Å². The summed E-state index contributed by atoms with van der Waals surface area (Å²) in [6, 6.07) is 6.68. The third-order valence-electron chi connectivity index (χ3n) is 4.60. The number of urea groups is 1. The molecule has 2 saturated heterocycles. The molecule has 1 atom stereocenters. The first kappa shape index (κ1) is 16.2. The second kappa shape index (κ2) is 7.75. The third kappa shape index (κ3) is 4.42. The Balaban J connectivity index is 1.46. The predicted molar refractivity (Wildman–Crippen MR) is 85.6 cm³/mol. The zero-order valence-corrected chi connectivity index (χ0v) is 13.3. The first-order valence-corrected chi connectivity index (χ1v) is 8.31. The van der Waals surface area contributed by atoms with Crippen LogP contribution in [-0.4, -0.2) is 61.3 Å². The second-order valence-corrected chi connectivity index (χ2v) is 6.18. The van der Waals surface area contributed by atoms with E-state index in [9.17, 15) is 9.18 Å². The summed E-state index contributed by atoms with van der Waals surface area (Å²) < 4.78 is 18.3. The molecule has 0 spiro atoms. The molecule has 0 aliphatic carbocycles. The van der Waals surface area contributed by atoms with E-state index >= 15 is 0 Å². The smallest absolute Gasteiger partial charge is 0.317 e. The van der Waals surface area contributed by atoms with Crippen molar-refractivity contribution >= 4 is 6.03 Å². The number of hydrogen-bond donors (Lipinski definition) is 1. The van der Waals surface area contributed by atoms with Gasteiger partial charge >= 0.3 is 6.03 Å². The number of hydrogen-bond acceptors (Lipinski definition) is 3. The van der Waals surface area contributed by atoms with Gasteiger partial charge in [-0.2, -0.15) is 0 Å². The van der Waals surface area contributed by atoms with Gasteiger partial charge in [0.05, 0.1) is 6.61 Å². The Morgan fingerprint density at radius 1 is 1.22 bits per heavy atom. The largest absolute Gasteiger partial charge is 0.380 e. The van der Waals surface area contributed by atoms with E-state index in [2.05, 4.69) is 10.2 Å². The molecule has 0 bridgehead atoms. The Kier molecular flexibility index (Phi) is 5.46. The molecule has 2 amide bonds. The highest BCUT2D eigenvalue weighted by atomic mass is 19.1. The minimum Gasteiger partial charge on any atom is -0.380 e. The van der Waals surface area contributed by atoms with Crippen LogP contribution in [0.4, 0.5) is 9.18 Å². The van der Waals surface area contributed by atoms with Gasteiger partial charge in [0.25, 0.3) is 0 Å². The standard InChI is InChI=1S/C17H24FN3O2/c18-15-4-2-14(3-5-15)12-19-17(22)21-8-1-7-20(9-10-21)16-6-11-23-13-16/h2-5,16H,1,6-13H2,(H,19,22)/t16-/m0/s1. The summed E-state index contributed by atoms with van der Waals surface area (Å²) in [5.41, 5.74) is 0.902. The molecule has 0 unspecified atom stereocenters. The number of ether oxygens (including phenoxy) is 1. The quantitative estimate of drug-likeness (QED) is 0.924. The number of halogens is 1. The molecular weight excluding hydrogens is 297 g/mol. The van der Waals surface area contributed by atoms with Gasteiger partial charge in [-0.3, -0.25) is 4.90 Å². The highest BCUT2D eigenvalue weighted by Crippen LogP contribution is 2.15. The van der Waals surface area contributed by atoms with Crippen LogP contribution in [0.15, 0.2) is 24.3 Å². The molecule has 6 heteroatoms. The molecule has 2 aliphatic rings. The first-order valence-electron chi connectivity index (χ1n) is 8.31. The molecule has 1 aromatic rings. The van der Waals surface area contributed by atoms with E-state index in [1.54, 1.807) is 12.1 Å². The van der Waals surface area contributed by atoms with Gasteiger partial charge < -0.3 is 15.0 Å². The lowest BCUT2D eigenvalue weighted by Gasteiger charge is -2.26. The molecule has 2 heterocycles. The molecule has 2 aliphatic heterocycles. The summed E-state index contributed by atoms with van der Waals surface area (Å²) in [6.07, 6.45) is 2.08. The van der Waals surface area contributed by atoms with Crippen LogP contribution in [0.2, 0.25) is 0 Å². The molecule has 126 valence electrons. The molecule has 1 aromatic carbocycles. The van der Waals surface area contributed by atoms with Gasteiger partial charge in [0.2, 0.25) is 0 Å². The highest BCUT2D eigenvalue weighted by molar-refractivity contribution is 5.74. The highest BCUT2D eigenvalue weighted by Gasteiger charge is 2.26. The van der Waals surface area contributed by atoms with Gasteiger partial charge in [0.15, 0.2) is 0 Å². The molecule has 0 aromatic heterocycles. The van der Waals surface area contributed by atoms with Crippen LogP contribution >= 0.6 is 0 Å². The Bertz CT molecular complexity index is 517. The van der Waals surface area contributed by atoms with E-state index in [1.165, 1.54) is 12.1 Å². The topological polar surface area (TPSA) is 44.8 Å². The van der Waals surface area contributed by atoms with Crippen molar-refractivity contribution in [3.63, 3.8) is 0 Å². The summed E-state index contributed by atoms with van der Waals surface area (Å²) in [7, 11) is 0. The van der Waals surface area contributed by atoms with E-state index in [4.69, 9.17) is 4.74 Å². The summed E-state index contributed by atoms with van der Waals surface area (Å²) in [5.74, 6) is -0.261. The predicted octanol–water partition coefficient (Wildman–Crippen LogP) is 1.83. The lowest BCUT2D eigenvalue weighted by Crippen LogP contribution is -2.43. The number of benzene rings is 1. The maximum Gasteiger partial charge on any atom is 0.317 e. The van der Waals surface area contributed by atoms with Crippen molar-refractivity contribution in [2.45, 2.75) is 25.4 Å². The fourth-order valence-electron chi connectivity index (χ4n) is 3.21. The molecule has 1 N–H and O–H groups in total. The minimum absolute atomic E-state index is 0.0427. The fourth-order valence-corrected chi connectivity index (χ4v) is 3.21. The zero-order valence-electron chi connectivity index (χ0n) is 13.3. The van der Waals surface area contributed by atoms with Crippen molar-refractivity contribution in [3.8, 4) is 0 Å². The average Bonchev–Trinajstić information content (AvgIpc) is 2.98. The van der Waals surface area contributed by atoms with E-state index in [1.807, 2.05) is 4.90 Å². The number of carbonyl (C=O) groups excluding carboxylic acids is 1. The van der Waals surface area contributed by atoms with Crippen LogP contribution in [0.5, 0.6) is 0 Å². The number of rotatable bonds is 3. The minimum atomic E-state index is -0.261. The van der Waals surface area contributed by atoms with Crippen molar-refractivity contribution < 1.29 is 13.9 Å². The lowest BCUT2D eigenvalue weighted by atomic mass is 10.2. The SMILES string of the molecule is O=C(NCc1ccc(F)cc1)N1CCCN([C@H]2CCOC2)CC1. The van der Waals surface area contributed by atoms with Crippen LogP contribution < -0.4 is 5.32 Å². The van der Waals surface area contributed by atoms with E-state index in [0.29, 0.717) is 12.6 Å². The molecule has 23 heavy (non-hydrogen) atoms. The zero-order chi connectivity index (χ0) is 16.1. The molecule has 5 nitrogen and oxygen atoms in total. The maximum atomic E-state index is 12.9. The van der Waals surface area contributed by atoms with Crippen LogP contribution in [0.25, 0.3) is 0 Å². The Hall–Kier alpha value is -1.66. The van der Waals surface area contributed by atoms with Gasteiger partial charge in [-0.15, -0.1) is 0 Å². The van der Waals surface area contributed by atoms with Crippen molar-refractivity contribution in [3.05, 3.63) is 35.6 Å². The molecular formula is C17H24FN3O2. The normalized spacial score (nSPS) is 22.8. The number of nitrogens with one attached hydrogen (secondary N) is 1. The number of carbonyl (C=O) groups is 1. The van der Waals surface area contributed by atoms with Crippen molar-refractivity contribution in [1.29, 1.82) is 0 Å². The monoisotopic (exact) mass is 321 g/mol. The Labute approximate surface area is 136 Å². The van der Waals surface area contributed by atoms with Crippen molar-refractivity contribution in [2.75, 3.05) is 39.4 Å². The van der Waals surface area contributed by atoms with Crippen molar-refractivity contribution in [1.82, 2.24) is 15.1 Å². The van der Waals surface area contributed by atoms with E-state index in [0.717, 1.165) is 57.8 Å². The summed E-state index contributed by atoms with van der Waals surface area (Å²) >= 11 is 0. The van der Waals surface area contributed by atoms with Crippen molar-refractivity contribution in [2.24, 2.45) is 0 Å². The maximum absolute atomic E-state index is 12.9. The van der Waals surface area contributed by atoms with Gasteiger partial charge in [-0.25, -0.2) is 9.18 Å². The molecule has 0 saturated carbocycles. The Morgan fingerprint density at radius 3 is 2.78 bits per heavy atom. The molecule has 3 rings (SSSR count).